The monoisotopic (exact) mass is 300 g/mol. The predicted octanol–water partition coefficient (Wildman–Crippen LogP) is 1.83. The van der Waals surface area contributed by atoms with Crippen LogP contribution in [0.1, 0.15) is 12.8 Å². The normalized spacial score (nSPS) is 20.8. The first-order valence-corrected chi connectivity index (χ1v) is 7.69. The maximum absolute atomic E-state index is 12.5. The van der Waals surface area contributed by atoms with Crippen LogP contribution < -0.4 is 0 Å². The summed E-state index contributed by atoms with van der Waals surface area (Å²) < 4.78 is 26.2. The molecule has 0 N–H and O–H groups in total. The molecule has 0 saturated carbocycles. The average molecular weight is 301 g/mol. The van der Waals surface area contributed by atoms with Gasteiger partial charge in [0.1, 0.15) is 4.90 Å². The Bertz CT molecular complexity index is 611. The second-order valence-corrected chi connectivity index (χ2v) is 6.62. The SMILES string of the molecule is O=C=NC1CCCN(S(=O)(=O)c2ccccc2Cl)C1. The molecule has 0 spiro atoms. The summed E-state index contributed by atoms with van der Waals surface area (Å²) in [5.41, 5.74) is 0. The average Bonchev–Trinajstić information content (AvgIpc) is 2.40. The molecule has 1 saturated heterocycles. The number of aliphatic imine (C=N–C) groups is 1. The van der Waals surface area contributed by atoms with Crippen molar-refractivity contribution in [3.8, 4) is 0 Å². The molecule has 1 aromatic rings. The maximum atomic E-state index is 12.5. The number of rotatable bonds is 3. The third-order valence-electron chi connectivity index (χ3n) is 3.05. The molecule has 2 rings (SSSR count). The van der Waals surface area contributed by atoms with Crippen molar-refractivity contribution in [2.75, 3.05) is 13.1 Å². The minimum atomic E-state index is -3.63. The van der Waals surface area contributed by atoms with Crippen molar-refractivity contribution in [3.63, 3.8) is 0 Å². The van der Waals surface area contributed by atoms with Crippen molar-refractivity contribution in [2.45, 2.75) is 23.8 Å². The number of sulfonamides is 1. The lowest BCUT2D eigenvalue weighted by atomic mass is 10.1. The lowest BCUT2D eigenvalue weighted by molar-refractivity contribution is 0.316. The number of piperidine rings is 1. The molecule has 19 heavy (non-hydrogen) atoms. The summed E-state index contributed by atoms with van der Waals surface area (Å²) in [5, 5.41) is 0.198. The fourth-order valence-electron chi connectivity index (χ4n) is 2.11. The fourth-order valence-corrected chi connectivity index (χ4v) is 4.12. The first kappa shape index (κ1) is 14.2. The molecule has 0 radical (unpaired) electrons. The van der Waals surface area contributed by atoms with E-state index in [4.69, 9.17) is 11.6 Å². The highest BCUT2D eigenvalue weighted by Gasteiger charge is 2.31. The number of hydrogen-bond donors (Lipinski definition) is 0. The molecule has 0 aromatic heterocycles. The summed E-state index contributed by atoms with van der Waals surface area (Å²) in [4.78, 5) is 14.0. The summed E-state index contributed by atoms with van der Waals surface area (Å²) >= 11 is 5.93. The van der Waals surface area contributed by atoms with Gasteiger partial charge in [-0.2, -0.15) is 4.31 Å². The van der Waals surface area contributed by atoms with Gasteiger partial charge in [-0.15, -0.1) is 0 Å². The van der Waals surface area contributed by atoms with E-state index in [1.807, 2.05) is 0 Å². The standard InChI is InChI=1S/C12H13ClN2O3S/c13-11-5-1-2-6-12(11)19(17,18)15-7-3-4-10(8-15)14-9-16/h1-2,5-6,10H,3-4,7-8H2. The van der Waals surface area contributed by atoms with E-state index in [2.05, 4.69) is 4.99 Å². The van der Waals surface area contributed by atoms with Crippen LogP contribution in [0.3, 0.4) is 0 Å². The van der Waals surface area contributed by atoms with Gasteiger partial charge in [-0.1, -0.05) is 23.7 Å². The topological polar surface area (TPSA) is 66.8 Å². The summed E-state index contributed by atoms with van der Waals surface area (Å²) in [6, 6.07) is 6.01. The third-order valence-corrected chi connectivity index (χ3v) is 5.41. The Morgan fingerprint density at radius 3 is 2.79 bits per heavy atom. The van der Waals surface area contributed by atoms with Crippen molar-refractivity contribution in [1.29, 1.82) is 0 Å². The number of halogens is 1. The van der Waals surface area contributed by atoms with Gasteiger partial charge >= 0.3 is 0 Å². The van der Waals surface area contributed by atoms with Crippen molar-refractivity contribution in [1.82, 2.24) is 4.31 Å². The predicted molar refractivity (Wildman–Crippen MR) is 71.4 cm³/mol. The van der Waals surface area contributed by atoms with Crippen LogP contribution in [0.5, 0.6) is 0 Å². The molecular weight excluding hydrogens is 288 g/mol. The highest BCUT2D eigenvalue weighted by Crippen LogP contribution is 2.26. The first-order valence-electron chi connectivity index (χ1n) is 5.87. The molecule has 1 unspecified atom stereocenters. The largest absolute Gasteiger partial charge is 0.244 e. The zero-order valence-electron chi connectivity index (χ0n) is 10.1. The lowest BCUT2D eigenvalue weighted by Crippen LogP contribution is -2.41. The van der Waals surface area contributed by atoms with Crippen molar-refractivity contribution >= 4 is 27.7 Å². The van der Waals surface area contributed by atoms with Crippen LogP contribution in [-0.4, -0.2) is 37.9 Å². The lowest BCUT2D eigenvalue weighted by Gasteiger charge is -2.29. The van der Waals surface area contributed by atoms with Gasteiger partial charge in [-0.25, -0.2) is 18.2 Å². The number of benzene rings is 1. The van der Waals surface area contributed by atoms with Crippen LogP contribution >= 0.6 is 11.6 Å². The van der Waals surface area contributed by atoms with E-state index in [-0.39, 0.29) is 22.5 Å². The van der Waals surface area contributed by atoms with Gasteiger partial charge < -0.3 is 0 Å². The van der Waals surface area contributed by atoms with E-state index in [1.54, 1.807) is 18.2 Å². The third kappa shape index (κ3) is 3.04. The molecule has 1 aliphatic heterocycles. The summed E-state index contributed by atoms with van der Waals surface area (Å²) in [6.07, 6.45) is 2.85. The molecule has 0 amide bonds. The Hall–Kier alpha value is -1.20. The van der Waals surface area contributed by atoms with Crippen molar-refractivity contribution < 1.29 is 13.2 Å². The molecule has 1 heterocycles. The molecule has 0 aliphatic carbocycles. The smallest absolute Gasteiger partial charge is 0.211 e. The van der Waals surface area contributed by atoms with Crippen LogP contribution in [0.2, 0.25) is 5.02 Å². The molecule has 1 aliphatic rings. The van der Waals surface area contributed by atoms with Gasteiger partial charge in [0.2, 0.25) is 16.1 Å². The van der Waals surface area contributed by atoms with E-state index < -0.39 is 10.0 Å². The molecule has 0 bridgehead atoms. The minimum absolute atomic E-state index is 0.0902. The van der Waals surface area contributed by atoms with E-state index in [0.29, 0.717) is 19.4 Å². The van der Waals surface area contributed by atoms with E-state index >= 15 is 0 Å². The van der Waals surface area contributed by atoms with E-state index in [0.717, 1.165) is 0 Å². The molecule has 1 atom stereocenters. The van der Waals surface area contributed by atoms with Crippen LogP contribution in [0.25, 0.3) is 0 Å². The highest BCUT2D eigenvalue weighted by atomic mass is 35.5. The van der Waals surface area contributed by atoms with E-state index in [1.165, 1.54) is 16.5 Å². The molecule has 1 fully saturated rings. The van der Waals surface area contributed by atoms with Crippen LogP contribution in [0, 0.1) is 0 Å². The minimum Gasteiger partial charge on any atom is -0.211 e. The highest BCUT2D eigenvalue weighted by molar-refractivity contribution is 7.89. The quantitative estimate of drug-likeness (QED) is 0.632. The maximum Gasteiger partial charge on any atom is 0.244 e. The summed E-state index contributed by atoms with van der Waals surface area (Å²) in [5.74, 6) is 0. The second kappa shape index (κ2) is 5.84. The van der Waals surface area contributed by atoms with Crippen LogP contribution in [0.4, 0.5) is 0 Å². The Labute approximate surface area is 116 Å². The Kier molecular flexibility index (Phi) is 4.37. The van der Waals surface area contributed by atoms with Gasteiger partial charge in [0.15, 0.2) is 0 Å². The van der Waals surface area contributed by atoms with Crippen LogP contribution in [0.15, 0.2) is 34.2 Å². The van der Waals surface area contributed by atoms with Crippen molar-refractivity contribution in [2.24, 2.45) is 4.99 Å². The molecule has 7 heteroatoms. The Balaban J connectivity index is 2.30. The van der Waals surface area contributed by atoms with Gasteiger partial charge in [0.25, 0.3) is 0 Å². The second-order valence-electron chi connectivity index (χ2n) is 4.31. The zero-order chi connectivity index (χ0) is 13.9. The first-order chi connectivity index (χ1) is 9.05. The number of nitrogens with zero attached hydrogens (tertiary/aromatic N) is 2. The Morgan fingerprint density at radius 1 is 1.37 bits per heavy atom. The molecule has 5 nitrogen and oxygen atoms in total. The fraction of sp³-hybridized carbons (Fsp3) is 0.417. The van der Waals surface area contributed by atoms with Crippen molar-refractivity contribution in [3.05, 3.63) is 29.3 Å². The van der Waals surface area contributed by atoms with Crippen LogP contribution in [-0.2, 0) is 14.8 Å². The van der Waals surface area contributed by atoms with Gasteiger partial charge in [0.05, 0.1) is 11.1 Å². The number of hydrogen-bond acceptors (Lipinski definition) is 4. The molecular formula is C12H13ClN2O3S. The number of isocyanates is 1. The summed E-state index contributed by atoms with van der Waals surface area (Å²) in [6.45, 7) is 0.612. The van der Waals surface area contributed by atoms with Gasteiger partial charge in [-0.3, -0.25) is 0 Å². The van der Waals surface area contributed by atoms with Gasteiger partial charge in [0, 0.05) is 13.1 Å². The zero-order valence-corrected chi connectivity index (χ0v) is 11.7. The van der Waals surface area contributed by atoms with E-state index in [9.17, 15) is 13.2 Å². The number of carbonyl (C=O) groups excluding carboxylic acids is 1. The molecule has 1 aromatic carbocycles. The molecule has 102 valence electrons. The van der Waals surface area contributed by atoms with Gasteiger partial charge in [-0.05, 0) is 25.0 Å². The summed E-state index contributed by atoms with van der Waals surface area (Å²) in [7, 11) is -3.63. The Morgan fingerprint density at radius 2 is 2.11 bits per heavy atom.